The zero-order chi connectivity index (χ0) is 29.1. The zero-order valence-electron chi connectivity index (χ0n) is 23.8. The number of hydrogen-bond donors (Lipinski definition) is 1. The van der Waals surface area contributed by atoms with Crippen LogP contribution >= 0.6 is 0 Å². The summed E-state index contributed by atoms with van der Waals surface area (Å²) in [6.45, 7) is 5.23. The fraction of sp³-hybridized carbons (Fsp3) is 0.324. The predicted molar refractivity (Wildman–Crippen MR) is 159 cm³/mol. The van der Waals surface area contributed by atoms with E-state index in [1.54, 1.807) is 35.0 Å². The minimum absolute atomic E-state index is 0.0855. The minimum atomic E-state index is -0.716. The summed E-state index contributed by atoms with van der Waals surface area (Å²) in [5.41, 5.74) is 2.10. The van der Waals surface area contributed by atoms with Crippen LogP contribution in [0.15, 0.2) is 102 Å². The van der Waals surface area contributed by atoms with Gasteiger partial charge in [0.2, 0.25) is 0 Å². The van der Waals surface area contributed by atoms with Crippen molar-refractivity contribution in [1.29, 1.82) is 0 Å². The highest BCUT2D eigenvalue weighted by atomic mass is 16.6. The molecule has 0 spiro atoms. The highest BCUT2D eigenvalue weighted by Crippen LogP contribution is 2.57. The second-order valence-corrected chi connectivity index (χ2v) is 11.3. The van der Waals surface area contributed by atoms with Gasteiger partial charge in [0.1, 0.15) is 17.6 Å². The molecule has 216 valence electrons. The molecule has 1 aliphatic heterocycles. The number of nitrogens with one attached hydrogen (secondary N) is 1. The number of fused-ring (bicyclic) bond motifs is 2. The number of aromatic nitrogens is 2. The standard InChI is InChI=1S/C34H35N3O5/c1-23-18-34(22-40-20-25-12-6-3-7-13-25)29(41-21-26-14-8-4-9-15-26)28(23)32(42-34)37-19-24(2)30(36-33(37)39)35-31(38)27-16-10-5-11-17-27/h3-17,19,23,28-29,32H,18,20-22H2,1-2H3,(H,35,36,38,39)/t23-,28-,29+,32-,34-/m1/s1. The van der Waals surface area contributed by atoms with Crippen LogP contribution in [0.5, 0.6) is 0 Å². The van der Waals surface area contributed by atoms with Crippen LogP contribution in [0.25, 0.3) is 0 Å². The van der Waals surface area contributed by atoms with Gasteiger partial charge in [0, 0.05) is 23.2 Å². The average Bonchev–Trinajstić information content (AvgIpc) is 3.46. The van der Waals surface area contributed by atoms with Crippen LogP contribution in [0.3, 0.4) is 0 Å². The van der Waals surface area contributed by atoms with Crippen molar-refractivity contribution in [1.82, 2.24) is 9.55 Å². The quantitative estimate of drug-likeness (QED) is 0.272. The number of anilines is 1. The number of aryl methyl sites for hydroxylation is 1. The van der Waals surface area contributed by atoms with Crippen molar-refractivity contribution in [3.63, 3.8) is 0 Å². The summed E-state index contributed by atoms with van der Waals surface area (Å²) in [4.78, 5) is 30.4. The molecule has 2 bridgehead atoms. The van der Waals surface area contributed by atoms with Crippen LogP contribution in [-0.2, 0) is 27.4 Å². The van der Waals surface area contributed by atoms with Gasteiger partial charge in [0.25, 0.3) is 5.91 Å². The number of benzene rings is 3. The first-order valence-corrected chi connectivity index (χ1v) is 14.3. The smallest absolute Gasteiger partial charge is 0.351 e. The van der Waals surface area contributed by atoms with Crippen molar-refractivity contribution in [2.45, 2.75) is 51.4 Å². The first-order chi connectivity index (χ1) is 20.4. The van der Waals surface area contributed by atoms with Gasteiger partial charge < -0.3 is 19.5 Å². The van der Waals surface area contributed by atoms with Crippen LogP contribution in [0, 0.1) is 18.8 Å². The van der Waals surface area contributed by atoms with E-state index in [1.165, 1.54) is 0 Å². The van der Waals surface area contributed by atoms with E-state index in [1.807, 2.05) is 73.7 Å². The lowest BCUT2D eigenvalue weighted by Crippen LogP contribution is -2.43. The number of rotatable bonds is 10. The Kier molecular flexibility index (Phi) is 8.02. The summed E-state index contributed by atoms with van der Waals surface area (Å²) in [5.74, 6) is 0.0448. The topological polar surface area (TPSA) is 91.7 Å². The number of hydrogen-bond acceptors (Lipinski definition) is 6. The summed E-state index contributed by atoms with van der Waals surface area (Å²) >= 11 is 0. The summed E-state index contributed by atoms with van der Waals surface area (Å²) in [6, 6.07) is 28.9. The van der Waals surface area contributed by atoms with Gasteiger partial charge in [-0.25, -0.2) is 4.79 Å². The third kappa shape index (κ3) is 5.66. The molecule has 0 radical (unpaired) electrons. The lowest BCUT2D eigenvalue weighted by atomic mass is 9.94. The molecule has 2 fully saturated rings. The lowest BCUT2D eigenvalue weighted by Gasteiger charge is -2.34. The molecule has 4 aromatic rings. The fourth-order valence-corrected chi connectivity index (χ4v) is 6.31. The van der Waals surface area contributed by atoms with Crippen LogP contribution in [0.1, 0.15) is 46.6 Å². The van der Waals surface area contributed by atoms with Gasteiger partial charge in [-0.3, -0.25) is 9.36 Å². The molecule has 6 rings (SSSR count). The third-order valence-electron chi connectivity index (χ3n) is 8.28. The van der Waals surface area contributed by atoms with E-state index in [4.69, 9.17) is 14.2 Å². The van der Waals surface area contributed by atoms with Gasteiger partial charge in [0.15, 0.2) is 0 Å². The molecule has 1 amide bonds. The number of nitrogens with zero attached hydrogens (tertiary/aromatic N) is 2. The van der Waals surface area contributed by atoms with Gasteiger partial charge in [-0.05, 0) is 42.5 Å². The lowest BCUT2D eigenvalue weighted by molar-refractivity contribution is -0.168. The molecular weight excluding hydrogens is 530 g/mol. The van der Waals surface area contributed by atoms with Gasteiger partial charge in [0.05, 0.1) is 25.9 Å². The Morgan fingerprint density at radius 2 is 1.60 bits per heavy atom. The summed E-state index contributed by atoms with van der Waals surface area (Å²) in [6.07, 6.45) is 1.63. The van der Waals surface area contributed by atoms with E-state index >= 15 is 0 Å². The average molecular weight is 566 g/mol. The van der Waals surface area contributed by atoms with E-state index < -0.39 is 17.5 Å². The molecular formula is C34H35N3O5. The van der Waals surface area contributed by atoms with Crippen LogP contribution in [-0.4, -0.2) is 33.8 Å². The number of carbonyl (C=O) groups is 1. The SMILES string of the molecule is Cc1cn([C@@H]2O[C@@]3(COCc4ccccc4)C[C@@H](C)[C@@H]2[C@@H]3OCc2ccccc2)c(=O)nc1NC(=O)c1ccccc1. The van der Waals surface area contributed by atoms with E-state index in [0.29, 0.717) is 30.9 Å². The van der Waals surface area contributed by atoms with Crippen molar-refractivity contribution >= 4 is 11.7 Å². The molecule has 2 aliphatic rings. The first kappa shape index (κ1) is 28.0. The molecule has 1 N–H and O–H groups in total. The Labute approximate surface area is 245 Å². The molecule has 1 saturated carbocycles. The Hall–Kier alpha value is -4.11. The molecule has 8 nitrogen and oxygen atoms in total. The molecule has 3 aromatic carbocycles. The number of amides is 1. The molecule has 5 atom stereocenters. The summed E-state index contributed by atoms with van der Waals surface area (Å²) in [5, 5.41) is 2.78. The maximum atomic E-state index is 13.4. The Morgan fingerprint density at radius 1 is 0.976 bits per heavy atom. The van der Waals surface area contributed by atoms with Crippen molar-refractivity contribution in [2.24, 2.45) is 11.8 Å². The highest BCUT2D eigenvalue weighted by molar-refractivity contribution is 6.04. The summed E-state index contributed by atoms with van der Waals surface area (Å²) < 4.78 is 21.1. The molecule has 1 aromatic heterocycles. The van der Waals surface area contributed by atoms with E-state index in [-0.39, 0.29) is 29.7 Å². The Balaban J connectivity index is 1.26. The number of ether oxygens (including phenoxy) is 3. The molecule has 42 heavy (non-hydrogen) atoms. The Morgan fingerprint density at radius 3 is 2.26 bits per heavy atom. The molecule has 2 heterocycles. The van der Waals surface area contributed by atoms with Crippen LogP contribution < -0.4 is 11.0 Å². The molecule has 1 aliphatic carbocycles. The number of carbonyl (C=O) groups excluding carboxylic acids is 1. The van der Waals surface area contributed by atoms with Gasteiger partial charge in [-0.15, -0.1) is 0 Å². The molecule has 1 saturated heterocycles. The van der Waals surface area contributed by atoms with Crippen molar-refractivity contribution in [3.05, 3.63) is 130 Å². The van der Waals surface area contributed by atoms with Gasteiger partial charge in [-0.2, -0.15) is 4.98 Å². The normalized spacial score (nSPS) is 24.5. The van der Waals surface area contributed by atoms with Crippen molar-refractivity contribution in [2.75, 3.05) is 11.9 Å². The largest absolute Gasteiger partial charge is 0.374 e. The van der Waals surface area contributed by atoms with Gasteiger partial charge >= 0.3 is 5.69 Å². The first-order valence-electron chi connectivity index (χ1n) is 14.3. The molecule has 0 unspecified atom stereocenters. The van der Waals surface area contributed by atoms with E-state index in [2.05, 4.69) is 17.2 Å². The minimum Gasteiger partial charge on any atom is -0.374 e. The molecule has 8 heteroatoms. The second kappa shape index (κ2) is 12.0. The van der Waals surface area contributed by atoms with Gasteiger partial charge in [-0.1, -0.05) is 85.8 Å². The monoisotopic (exact) mass is 565 g/mol. The fourth-order valence-electron chi connectivity index (χ4n) is 6.31. The van der Waals surface area contributed by atoms with Crippen molar-refractivity contribution < 1.29 is 19.0 Å². The van der Waals surface area contributed by atoms with E-state index in [9.17, 15) is 9.59 Å². The maximum absolute atomic E-state index is 13.4. The Bertz CT molecular complexity index is 1580. The highest BCUT2D eigenvalue weighted by Gasteiger charge is 2.64. The second-order valence-electron chi connectivity index (χ2n) is 11.3. The zero-order valence-corrected chi connectivity index (χ0v) is 23.8. The van der Waals surface area contributed by atoms with Crippen LogP contribution in [0.2, 0.25) is 0 Å². The maximum Gasteiger partial charge on any atom is 0.351 e. The predicted octanol–water partition coefficient (Wildman–Crippen LogP) is 5.53. The van der Waals surface area contributed by atoms with Crippen LogP contribution in [0.4, 0.5) is 5.82 Å². The van der Waals surface area contributed by atoms with E-state index in [0.717, 1.165) is 17.5 Å². The van der Waals surface area contributed by atoms with Crippen molar-refractivity contribution in [3.8, 4) is 0 Å². The summed E-state index contributed by atoms with van der Waals surface area (Å²) in [7, 11) is 0. The third-order valence-corrected chi connectivity index (χ3v) is 8.28.